The molecule has 0 amide bonds. The van der Waals surface area contributed by atoms with Gasteiger partial charge in [0.05, 0.1) is 0 Å². The second-order valence-corrected chi connectivity index (χ2v) is 0.100. The molecular formula is CH4KNOSe. The number of nitriles is 1. The molecular weight excluding hydrogens is 160 g/mol. The minimum absolute atomic E-state index is 0. The molecule has 1 N–H and O–H groups in total. The van der Waals surface area contributed by atoms with Crippen LogP contribution < -0.4 is 51.4 Å². The number of rotatable bonds is 0. The van der Waals surface area contributed by atoms with Crippen LogP contribution in [0.4, 0.5) is 0 Å². The Bertz CT molecular complexity index is 37.0. The van der Waals surface area contributed by atoms with E-state index in [1.807, 2.05) is 0 Å². The number of hydrogen-bond donors (Lipinski definition) is 1. The number of nitrogens with zero attached hydrogens (tertiary/aromatic N) is 1. The second kappa shape index (κ2) is 18.0. The summed E-state index contributed by atoms with van der Waals surface area (Å²) in [6.07, 6.45) is 0.750. The summed E-state index contributed by atoms with van der Waals surface area (Å²) in [5.41, 5.74) is 0. The van der Waals surface area contributed by atoms with Gasteiger partial charge in [-0.1, -0.05) is 0 Å². The molecule has 0 aliphatic heterocycles. The zero-order chi connectivity index (χ0) is 2.71. The van der Waals surface area contributed by atoms with Crippen LogP contribution in [0.2, 0.25) is 0 Å². The van der Waals surface area contributed by atoms with E-state index in [0.29, 0.717) is 0 Å². The van der Waals surface area contributed by atoms with Gasteiger partial charge < -0.3 is 6.53 Å². The Morgan fingerprint density at radius 1 is 1.80 bits per heavy atom. The molecule has 0 aliphatic carbocycles. The molecule has 26 valence electrons. The van der Waals surface area contributed by atoms with Gasteiger partial charge in [-0.05, 0) is 0 Å². The first-order chi connectivity index (χ1) is 1.41. The molecule has 0 spiro atoms. The summed E-state index contributed by atoms with van der Waals surface area (Å²) in [5, 5.41) is 13.8. The van der Waals surface area contributed by atoms with Gasteiger partial charge >= 0.3 is 68.5 Å². The molecule has 0 fully saturated rings. The zero-order valence-corrected chi connectivity index (χ0v) is 8.12. The quantitative estimate of drug-likeness (QED) is 0.293. The molecule has 4 heteroatoms. The standard InChI is InChI=1S/CHNO.K.H2Se.H/c2-1-3;;;/h3H;;1H2;/q;+1;;-1. The second-order valence-electron chi connectivity index (χ2n) is 0.100. The molecule has 0 rings (SSSR count). The van der Waals surface area contributed by atoms with Crippen LogP contribution in [-0.4, -0.2) is 22.2 Å². The van der Waals surface area contributed by atoms with Gasteiger partial charge in [-0.3, -0.25) is 0 Å². The van der Waals surface area contributed by atoms with E-state index >= 15 is 0 Å². The van der Waals surface area contributed by atoms with Crippen LogP contribution in [0.5, 0.6) is 0 Å². The van der Waals surface area contributed by atoms with Gasteiger partial charge in [-0.15, -0.1) is 0 Å². The molecule has 0 saturated heterocycles. The summed E-state index contributed by atoms with van der Waals surface area (Å²) in [5.74, 6) is 0. The van der Waals surface area contributed by atoms with Gasteiger partial charge in [0.15, 0.2) is 0 Å². The van der Waals surface area contributed by atoms with E-state index in [0.717, 1.165) is 6.26 Å². The molecule has 0 unspecified atom stereocenters. The van der Waals surface area contributed by atoms with Gasteiger partial charge in [0, 0.05) is 0 Å². The van der Waals surface area contributed by atoms with Crippen molar-refractivity contribution in [3.63, 3.8) is 0 Å². The van der Waals surface area contributed by atoms with Crippen molar-refractivity contribution in [2.45, 2.75) is 0 Å². The van der Waals surface area contributed by atoms with Crippen molar-refractivity contribution >= 4 is 17.1 Å². The molecule has 0 aromatic heterocycles. The first-order valence-electron chi connectivity index (χ1n) is 0.447. The Kier molecular flexibility index (Phi) is 57.9. The summed E-state index contributed by atoms with van der Waals surface area (Å²) >= 11 is 0. The molecule has 0 radical (unpaired) electrons. The SMILES string of the molecule is N#CO.[H-].[K+].[SeH2]. The fourth-order valence-electron chi connectivity index (χ4n) is 0. The zero-order valence-electron chi connectivity index (χ0n) is 3.89. The van der Waals surface area contributed by atoms with Crippen LogP contribution >= 0.6 is 0 Å². The fraction of sp³-hybridized carbons (Fsp3) is 0. The van der Waals surface area contributed by atoms with Crippen molar-refractivity contribution in [2.24, 2.45) is 0 Å². The Labute approximate surface area is 84.9 Å². The van der Waals surface area contributed by atoms with Crippen LogP contribution in [0, 0.1) is 11.5 Å². The third-order valence-electron chi connectivity index (χ3n) is 0. The number of hydrogen-bond acceptors (Lipinski definition) is 2. The van der Waals surface area contributed by atoms with E-state index in [1.54, 1.807) is 0 Å². The van der Waals surface area contributed by atoms with Gasteiger partial charge in [0.2, 0.25) is 0 Å². The van der Waals surface area contributed by atoms with Gasteiger partial charge in [0.1, 0.15) is 0 Å². The summed E-state index contributed by atoms with van der Waals surface area (Å²) in [4.78, 5) is 0. The van der Waals surface area contributed by atoms with Crippen LogP contribution in [0.1, 0.15) is 1.43 Å². The van der Waals surface area contributed by atoms with Gasteiger partial charge in [-0.25, -0.2) is 0 Å². The van der Waals surface area contributed by atoms with Crippen molar-refractivity contribution in [3.05, 3.63) is 0 Å². The molecule has 5 heavy (non-hydrogen) atoms. The molecule has 0 bridgehead atoms. The summed E-state index contributed by atoms with van der Waals surface area (Å²) in [7, 11) is 0. The first-order valence-corrected chi connectivity index (χ1v) is 0.447. The Morgan fingerprint density at radius 2 is 1.80 bits per heavy atom. The predicted molar refractivity (Wildman–Crippen MR) is 17.2 cm³/mol. The minimum atomic E-state index is 0. The van der Waals surface area contributed by atoms with E-state index < -0.39 is 0 Å². The van der Waals surface area contributed by atoms with E-state index in [4.69, 9.17) is 10.4 Å². The average molecular weight is 164 g/mol. The van der Waals surface area contributed by atoms with E-state index in [-0.39, 0.29) is 69.9 Å². The van der Waals surface area contributed by atoms with Crippen molar-refractivity contribution in [1.29, 1.82) is 5.26 Å². The molecule has 2 nitrogen and oxygen atoms in total. The van der Waals surface area contributed by atoms with E-state index in [1.165, 1.54) is 0 Å². The molecule has 0 aromatic rings. The van der Waals surface area contributed by atoms with Crippen LogP contribution in [0.15, 0.2) is 0 Å². The van der Waals surface area contributed by atoms with Crippen molar-refractivity contribution < 1.29 is 57.9 Å². The van der Waals surface area contributed by atoms with E-state index in [9.17, 15) is 0 Å². The molecule has 0 aliphatic rings. The maximum absolute atomic E-state index is 6.88. The summed E-state index contributed by atoms with van der Waals surface area (Å²) in [6.45, 7) is 0. The normalized spacial score (nSPS) is 1.40. The van der Waals surface area contributed by atoms with Gasteiger partial charge in [-0.2, -0.15) is 5.26 Å². The monoisotopic (exact) mass is 165 g/mol. The molecule has 0 aromatic carbocycles. The predicted octanol–water partition coefficient (Wildman–Crippen LogP) is -3.96. The van der Waals surface area contributed by atoms with Crippen LogP contribution in [0.3, 0.4) is 0 Å². The Morgan fingerprint density at radius 3 is 1.80 bits per heavy atom. The molecule has 0 atom stereocenters. The summed E-state index contributed by atoms with van der Waals surface area (Å²) < 4.78 is 0. The molecule has 0 heterocycles. The van der Waals surface area contributed by atoms with Crippen LogP contribution in [0.25, 0.3) is 0 Å². The van der Waals surface area contributed by atoms with Crippen molar-refractivity contribution in [2.75, 3.05) is 0 Å². The third-order valence-corrected chi connectivity index (χ3v) is 0. The van der Waals surface area contributed by atoms with Crippen molar-refractivity contribution in [1.82, 2.24) is 0 Å². The number of aliphatic hydroxyl groups excluding tert-OH is 1. The van der Waals surface area contributed by atoms with Crippen molar-refractivity contribution in [3.8, 4) is 6.26 Å². The third kappa shape index (κ3) is 30.9. The molecule has 0 saturated carbocycles. The first kappa shape index (κ1) is 16.1. The average Bonchev–Trinajstić information content (AvgIpc) is 0.918. The number of aliphatic hydroxyl groups is 1. The Hall–Kier alpha value is 1.45. The van der Waals surface area contributed by atoms with E-state index in [2.05, 4.69) is 0 Å². The fourth-order valence-corrected chi connectivity index (χ4v) is 0. The Balaban J connectivity index is -0.00000000667. The maximum atomic E-state index is 6.88. The summed E-state index contributed by atoms with van der Waals surface area (Å²) in [6, 6.07) is 0. The van der Waals surface area contributed by atoms with Crippen LogP contribution in [-0.2, 0) is 0 Å². The topological polar surface area (TPSA) is 44.0 Å². The van der Waals surface area contributed by atoms with Gasteiger partial charge in [0.25, 0.3) is 6.26 Å².